The van der Waals surface area contributed by atoms with Crippen LogP contribution < -0.4 is 10.1 Å². The number of carbonyl (C=O) groups is 1. The van der Waals surface area contributed by atoms with E-state index in [1.165, 1.54) is 0 Å². The van der Waals surface area contributed by atoms with Gasteiger partial charge in [0.2, 0.25) is 5.88 Å². The maximum absolute atomic E-state index is 12.3. The number of ether oxygens (including phenoxy) is 1. The number of amides is 1. The lowest BCUT2D eigenvalue weighted by molar-refractivity contribution is -0.127. The number of rotatable bonds is 5. The molecule has 0 unspecified atom stereocenters. The van der Waals surface area contributed by atoms with E-state index in [9.17, 15) is 4.79 Å². The molecule has 126 valence electrons. The molecule has 24 heavy (non-hydrogen) atoms. The summed E-state index contributed by atoms with van der Waals surface area (Å²) in [6.07, 6.45) is 1.26. The van der Waals surface area contributed by atoms with Gasteiger partial charge in [-0.3, -0.25) is 14.2 Å². The highest BCUT2D eigenvalue weighted by Crippen LogP contribution is 2.24. The molecule has 2 heterocycles. The number of para-hydroxylation sites is 1. The molecule has 1 aromatic carbocycles. The van der Waals surface area contributed by atoms with Crippen molar-refractivity contribution in [2.75, 3.05) is 0 Å². The highest BCUT2D eigenvalue weighted by Gasteiger charge is 2.18. The van der Waals surface area contributed by atoms with Gasteiger partial charge in [0.15, 0.2) is 6.10 Å². The Morgan fingerprint density at radius 2 is 2.04 bits per heavy atom. The van der Waals surface area contributed by atoms with Gasteiger partial charge in [0.25, 0.3) is 5.91 Å². The molecule has 3 rings (SSSR count). The molecular formula is C17H21N5O2. The van der Waals surface area contributed by atoms with E-state index >= 15 is 0 Å². The maximum atomic E-state index is 12.3. The third-order valence-corrected chi connectivity index (χ3v) is 3.95. The quantitative estimate of drug-likeness (QED) is 0.774. The van der Waals surface area contributed by atoms with Crippen molar-refractivity contribution in [3.63, 3.8) is 0 Å². The van der Waals surface area contributed by atoms with Crippen LogP contribution in [-0.4, -0.2) is 31.6 Å². The average molecular weight is 327 g/mol. The first-order valence-electron chi connectivity index (χ1n) is 7.81. The molecule has 0 saturated heterocycles. The molecule has 0 aliphatic carbocycles. The largest absolute Gasteiger partial charge is 0.463 e. The van der Waals surface area contributed by atoms with E-state index in [0.717, 1.165) is 22.2 Å². The van der Waals surface area contributed by atoms with Gasteiger partial charge in [-0.15, -0.1) is 5.10 Å². The molecule has 0 spiro atoms. The third-order valence-electron chi connectivity index (χ3n) is 3.95. The predicted molar refractivity (Wildman–Crippen MR) is 90.6 cm³/mol. The molecule has 0 aliphatic heterocycles. The van der Waals surface area contributed by atoms with Gasteiger partial charge < -0.3 is 10.1 Å². The fourth-order valence-corrected chi connectivity index (χ4v) is 2.64. The molecule has 2 aromatic heterocycles. The van der Waals surface area contributed by atoms with Crippen molar-refractivity contribution in [1.82, 2.24) is 24.9 Å². The lowest BCUT2D eigenvalue weighted by Gasteiger charge is -2.13. The maximum Gasteiger partial charge on any atom is 0.261 e. The van der Waals surface area contributed by atoms with Crippen molar-refractivity contribution >= 4 is 16.8 Å². The Morgan fingerprint density at radius 3 is 2.75 bits per heavy atom. The molecule has 1 amide bonds. The zero-order valence-electron chi connectivity index (χ0n) is 14.3. The number of nitrogens with zero attached hydrogens (tertiary/aromatic N) is 4. The van der Waals surface area contributed by atoms with Gasteiger partial charge in [-0.1, -0.05) is 12.1 Å². The Kier molecular flexibility index (Phi) is 4.24. The lowest BCUT2D eigenvalue weighted by Crippen LogP contribution is -2.36. The zero-order chi connectivity index (χ0) is 17.3. The van der Waals surface area contributed by atoms with Crippen molar-refractivity contribution in [2.24, 2.45) is 14.1 Å². The predicted octanol–water partition coefficient (Wildman–Crippen LogP) is 1.70. The molecule has 0 bridgehead atoms. The first-order chi connectivity index (χ1) is 11.5. The van der Waals surface area contributed by atoms with Crippen molar-refractivity contribution < 1.29 is 9.53 Å². The van der Waals surface area contributed by atoms with E-state index in [0.29, 0.717) is 12.4 Å². The second-order valence-corrected chi connectivity index (χ2v) is 5.84. The standard InChI is InChI=1S/C17H21N5O2/c1-11-13(10-21(3)19-11)9-18-16(23)12(2)24-17-14-7-5-6-8-15(14)22(4)20-17/h5-8,10,12H,9H2,1-4H3,(H,18,23)/t12-/m1/s1. The van der Waals surface area contributed by atoms with Gasteiger partial charge in [-0.05, 0) is 26.0 Å². The number of carbonyl (C=O) groups excluding carboxylic acids is 1. The van der Waals surface area contributed by atoms with E-state index in [1.807, 2.05) is 51.5 Å². The summed E-state index contributed by atoms with van der Waals surface area (Å²) >= 11 is 0. The molecule has 1 N–H and O–H groups in total. The smallest absolute Gasteiger partial charge is 0.261 e. The number of benzene rings is 1. The van der Waals surface area contributed by atoms with Crippen LogP contribution in [0.4, 0.5) is 0 Å². The monoisotopic (exact) mass is 327 g/mol. The van der Waals surface area contributed by atoms with Crippen LogP contribution in [0.2, 0.25) is 0 Å². The Labute approximate surface area is 140 Å². The first kappa shape index (κ1) is 16.0. The first-order valence-corrected chi connectivity index (χ1v) is 7.81. The van der Waals surface area contributed by atoms with Gasteiger partial charge in [0, 0.05) is 32.4 Å². The molecule has 0 fully saturated rings. The Hall–Kier alpha value is -2.83. The highest BCUT2D eigenvalue weighted by molar-refractivity contribution is 5.85. The van der Waals surface area contributed by atoms with Crippen LogP contribution >= 0.6 is 0 Å². The third kappa shape index (κ3) is 3.10. The van der Waals surface area contributed by atoms with E-state index in [2.05, 4.69) is 15.5 Å². The number of hydrogen-bond donors (Lipinski definition) is 1. The summed E-state index contributed by atoms with van der Waals surface area (Å²) in [5.74, 6) is 0.279. The number of nitrogens with one attached hydrogen (secondary N) is 1. The number of hydrogen-bond acceptors (Lipinski definition) is 4. The second-order valence-electron chi connectivity index (χ2n) is 5.84. The molecule has 3 aromatic rings. The number of aryl methyl sites for hydroxylation is 3. The molecule has 1 atom stereocenters. The van der Waals surface area contributed by atoms with Crippen molar-refractivity contribution in [3.8, 4) is 5.88 Å². The van der Waals surface area contributed by atoms with Crippen molar-refractivity contribution in [1.29, 1.82) is 0 Å². The van der Waals surface area contributed by atoms with Crippen LogP contribution in [-0.2, 0) is 25.4 Å². The molecular weight excluding hydrogens is 306 g/mol. The van der Waals surface area contributed by atoms with Gasteiger partial charge in [-0.25, -0.2) is 0 Å². The topological polar surface area (TPSA) is 74.0 Å². The minimum atomic E-state index is -0.639. The minimum absolute atomic E-state index is 0.187. The van der Waals surface area contributed by atoms with Gasteiger partial charge >= 0.3 is 0 Å². The van der Waals surface area contributed by atoms with E-state index in [4.69, 9.17) is 4.74 Å². The molecule has 7 nitrogen and oxygen atoms in total. The van der Waals surface area contributed by atoms with Crippen LogP contribution in [0.1, 0.15) is 18.2 Å². The van der Waals surface area contributed by atoms with E-state index < -0.39 is 6.10 Å². The minimum Gasteiger partial charge on any atom is -0.463 e. The summed E-state index contributed by atoms with van der Waals surface area (Å²) in [6.45, 7) is 4.06. The normalized spacial score (nSPS) is 12.3. The van der Waals surface area contributed by atoms with Crippen LogP contribution in [0, 0.1) is 6.92 Å². The Bertz CT molecular complexity index is 880. The zero-order valence-corrected chi connectivity index (χ0v) is 14.3. The fraction of sp³-hybridized carbons (Fsp3) is 0.353. The summed E-state index contributed by atoms with van der Waals surface area (Å²) < 4.78 is 9.25. The van der Waals surface area contributed by atoms with Gasteiger partial charge in [-0.2, -0.15) is 5.10 Å². The summed E-state index contributed by atoms with van der Waals surface area (Å²) in [5.41, 5.74) is 2.86. The number of fused-ring (bicyclic) bond motifs is 1. The van der Waals surface area contributed by atoms with Crippen LogP contribution in [0.3, 0.4) is 0 Å². The lowest BCUT2D eigenvalue weighted by atomic mass is 10.2. The number of aromatic nitrogens is 4. The highest BCUT2D eigenvalue weighted by atomic mass is 16.5. The van der Waals surface area contributed by atoms with Gasteiger partial charge in [0.1, 0.15) is 0 Å². The summed E-state index contributed by atoms with van der Waals surface area (Å²) in [4.78, 5) is 12.3. The summed E-state index contributed by atoms with van der Waals surface area (Å²) in [5, 5.41) is 12.4. The van der Waals surface area contributed by atoms with Crippen LogP contribution in [0.5, 0.6) is 5.88 Å². The molecule has 0 saturated carbocycles. The van der Waals surface area contributed by atoms with E-state index in [1.54, 1.807) is 16.3 Å². The second kappa shape index (κ2) is 6.35. The molecule has 0 aliphatic rings. The van der Waals surface area contributed by atoms with Crippen LogP contribution in [0.25, 0.3) is 10.9 Å². The fourth-order valence-electron chi connectivity index (χ4n) is 2.64. The van der Waals surface area contributed by atoms with Gasteiger partial charge in [0.05, 0.1) is 16.6 Å². The van der Waals surface area contributed by atoms with E-state index in [-0.39, 0.29) is 5.91 Å². The van der Waals surface area contributed by atoms with Crippen molar-refractivity contribution in [3.05, 3.63) is 41.7 Å². The van der Waals surface area contributed by atoms with Crippen LogP contribution in [0.15, 0.2) is 30.5 Å². The molecule has 7 heteroatoms. The summed E-state index contributed by atoms with van der Waals surface area (Å²) in [7, 11) is 3.71. The Morgan fingerprint density at radius 1 is 1.29 bits per heavy atom. The van der Waals surface area contributed by atoms with Crippen molar-refractivity contribution in [2.45, 2.75) is 26.5 Å². The molecule has 0 radical (unpaired) electrons. The average Bonchev–Trinajstić information content (AvgIpc) is 3.04. The SMILES string of the molecule is Cc1nn(C)cc1CNC(=O)[C@@H](C)Oc1nn(C)c2ccccc12. The Balaban J connectivity index is 1.66. The summed E-state index contributed by atoms with van der Waals surface area (Å²) in [6, 6.07) is 7.76.